The molecule has 0 aliphatic heterocycles. The fourth-order valence-corrected chi connectivity index (χ4v) is 1.37. The number of aromatic nitrogens is 2. The minimum Gasteiger partial charge on any atom is -0.506 e. The molecule has 0 unspecified atom stereocenters. The van der Waals surface area contributed by atoms with Crippen LogP contribution in [-0.2, 0) is 5.33 Å². The van der Waals surface area contributed by atoms with Crippen LogP contribution < -0.4 is 0 Å². The predicted molar refractivity (Wildman–Crippen MR) is 59.8 cm³/mol. The van der Waals surface area contributed by atoms with Crippen molar-refractivity contribution in [3.05, 3.63) is 30.2 Å². The van der Waals surface area contributed by atoms with E-state index in [4.69, 9.17) is 5.11 Å². The molecule has 0 atom stereocenters. The number of aromatic hydroxyl groups is 1. The van der Waals surface area contributed by atoms with Crippen molar-refractivity contribution in [1.82, 2.24) is 9.38 Å². The van der Waals surface area contributed by atoms with E-state index in [1.165, 1.54) is 0 Å². The van der Waals surface area contributed by atoms with Gasteiger partial charge in [0.05, 0.1) is 11.9 Å². The summed E-state index contributed by atoms with van der Waals surface area (Å²) in [6, 6.07) is 3.40. The Morgan fingerprint density at radius 2 is 2.15 bits per heavy atom. The lowest BCUT2D eigenvalue weighted by atomic mass is 10.4. The molecule has 0 bridgehead atoms. The first-order chi connectivity index (χ1) is 5.79. The van der Waals surface area contributed by atoms with E-state index in [9.17, 15) is 0 Å². The van der Waals surface area contributed by atoms with Gasteiger partial charge in [0.2, 0.25) is 0 Å². The standard InChI is InChI=1S/C8H7BrN2O.BrH/c9-3-6-4-11-5-7(12)1-2-8(11)10-6;/h1-2,4-5,12H,3H2;1H. The maximum absolute atomic E-state index is 9.15. The van der Waals surface area contributed by atoms with Crippen molar-refractivity contribution in [2.24, 2.45) is 0 Å². The van der Waals surface area contributed by atoms with Gasteiger partial charge in [-0.15, -0.1) is 17.0 Å². The molecule has 0 saturated carbocycles. The van der Waals surface area contributed by atoms with E-state index >= 15 is 0 Å². The zero-order valence-electron chi connectivity index (χ0n) is 6.64. The molecule has 0 saturated heterocycles. The molecule has 2 aromatic heterocycles. The highest BCUT2D eigenvalue weighted by molar-refractivity contribution is 9.08. The van der Waals surface area contributed by atoms with Crippen LogP contribution in [0.15, 0.2) is 24.5 Å². The van der Waals surface area contributed by atoms with Crippen LogP contribution in [0.3, 0.4) is 0 Å². The summed E-state index contributed by atoms with van der Waals surface area (Å²) in [5.74, 6) is 0.251. The molecule has 0 aliphatic rings. The Bertz CT molecular complexity index is 413. The summed E-state index contributed by atoms with van der Waals surface area (Å²) < 4.78 is 1.80. The number of nitrogens with zero attached hydrogens (tertiary/aromatic N) is 2. The summed E-state index contributed by atoms with van der Waals surface area (Å²) in [6.07, 6.45) is 3.51. The van der Waals surface area contributed by atoms with Gasteiger partial charge >= 0.3 is 0 Å². The Balaban J connectivity index is 0.000000845. The lowest BCUT2D eigenvalue weighted by molar-refractivity contribution is 0.472. The van der Waals surface area contributed by atoms with Gasteiger partial charge in [-0.3, -0.25) is 0 Å². The summed E-state index contributed by atoms with van der Waals surface area (Å²) in [7, 11) is 0. The van der Waals surface area contributed by atoms with E-state index in [0.29, 0.717) is 0 Å². The Hall–Kier alpha value is -0.550. The maximum atomic E-state index is 9.15. The zero-order chi connectivity index (χ0) is 8.55. The van der Waals surface area contributed by atoms with Gasteiger partial charge in [-0.05, 0) is 12.1 Å². The molecular weight excluding hydrogens is 300 g/mol. The second-order valence-corrected chi connectivity index (χ2v) is 3.08. The maximum Gasteiger partial charge on any atom is 0.137 e. The van der Waals surface area contributed by atoms with Crippen LogP contribution in [0.4, 0.5) is 0 Å². The number of hydrogen-bond acceptors (Lipinski definition) is 2. The molecular formula is C8H8Br2N2O. The number of imidazole rings is 1. The van der Waals surface area contributed by atoms with Crippen molar-refractivity contribution in [1.29, 1.82) is 0 Å². The van der Waals surface area contributed by atoms with E-state index in [2.05, 4.69) is 20.9 Å². The number of alkyl halides is 1. The Labute approximate surface area is 94.3 Å². The minimum atomic E-state index is 0. The van der Waals surface area contributed by atoms with Gasteiger partial charge in [-0.1, -0.05) is 15.9 Å². The largest absolute Gasteiger partial charge is 0.506 e. The van der Waals surface area contributed by atoms with Gasteiger partial charge < -0.3 is 9.51 Å². The van der Waals surface area contributed by atoms with Crippen LogP contribution in [0.1, 0.15) is 5.69 Å². The summed E-state index contributed by atoms with van der Waals surface area (Å²) in [5.41, 5.74) is 1.81. The highest BCUT2D eigenvalue weighted by Crippen LogP contribution is 2.12. The molecule has 2 aromatic rings. The zero-order valence-corrected chi connectivity index (χ0v) is 9.94. The summed E-state index contributed by atoms with van der Waals surface area (Å²) in [6.45, 7) is 0. The smallest absolute Gasteiger partial charge is 0.137 e. The van der Waals surface area contributed by atoms with E-state index in [1.807, 2.05) is 6.20 Å². The second kappa shape index (κ2) is 4.11. The highest BCUT2D eigenvalue weighted by Gasteiger charge is 1.99. The first-order valence-corrected chi connectivity index (χ1v) is 4.64. The Morgan fingerprint density at radius 1 is 1.38 bits per heavy atom. The van der Waals surface area contributed by atoms with Crippen molar-refractivity contribution in [3.63, 3.8) is 0 Å². The number of fused-ring (bicyclic) bond motifs is 1. The third-order valence-corrected chi connectivity index (χ3v) is 2.20. The van der Waals surface area contributed by atoms with E-state index in [-0.39, 0.29) is 22.7 Å². The lowest BCUT2D eigenvalue weighted by Crippen LogP contribution is -1.79. The molecule has 2 rings (SSSR count). The van der Waals surface area contributed by atoms with Crippen LogP contribution in [0, 0.1) is 0 Å². The van der Waals surface area contributed by atoms with E-state index in [0.717, 1.165) is 16.7 Å². The highest BCUT2D eigenvalue weighted by atomic mass is 79.9. The molecule has 0 spiro atoms. The fraction of sp³-hybridized carbons (Fsp3) is 0.125. The molecule has 5 heteroatoms. The second-order valence-electron chi connectivity index (χ2n) is 2.52. The van der Waals surface area contributed by atoms with Gasteiger partial charge in [0.25, 0.3) is 0 Å². The average Bonchev–Trinajstić information content (AvgIpc) is 2.46. The van der Waals surface area contributed by atoms with Gasteiger partial charge in [0, 0.05) is 11.5 Å². The van der Waals surface area contributed by atoms with Gasteiger partial charge in [-0.25, -0.2) is 4.98 Å². The molecule has 1 N–H and O–H groups in total. The molecule has 13 heavy (non-hydrogen) atoms. The van der Waals surface area contributed by atoms with Crippen LogP contribution in [0.5, 0.6) is 5.75 Å². The number of rotatable bonds is 1. The first kappa shape index (κ1) is 10.5. The number of pyridine rings is 1. The average molecular weight is 308 g/mol. The molecule has 2 heterocycles. The van der Waals surface area contributed by atoms with Crippen LogP contribution in [0.2, 0.25) is 0 Å². The lowest BCUT2D eigenvalue weighted by Gasteiger charge is -1.92. The van der Waals surface area contributed by atoms with Crippen LogP contribution >= 0.6 is 32.9 Å². The number of hydrogen-bond donors (Lipinski definition) is 1. The summed E-state index contributed by atoms with van der Waals surface area (Å²) in [5, 5.41) is 9.88. The van der Waals surface area contributed by atoms with Crippen molar-refractivity contribution in [2.45, 2.75) is 5.33 Å². The minimum absolute atomic E-state index is 0. The SMILES string of the molecule is Br.Oc1ccc2nc(CBr)cn2c1. The van der Waals surface area contributed by atoms with Gasteiger partial charge in [0.1, 0.15) is 11.4 Å². The summed E-state index contributed by atoms with van der Waals surface area (Å²) >= 11 is 3.32. The molecule has 0 aromatic carbocycles. The van der Waals surface area contributed by atoms with E-state index < -0.39 is 0 Å². The van der Waals surface area contributed by atoms with Crippen LogP contribution in [0.25, 0.3) is 5.65 Å². The van der Waals surface area contributed by atoms with Gasteiger partial charge in [0.15, 0.2) is 0 Å². The van der Waals surface area contributed by atoms with Crippen molar-refractivity contribution < 1.29 is 5.11 Å². The Morgan fingerprint density at radius 3 is 2.85 bits per heavy atom. The fourth-order valence-electron chi connectivity index (χ4n) is 1.10. The third-order valence-electron chi connectivity index (χ3n) is 1.62. The molecule has 0 radical (unpaired) electrons. The molecule has 0 fully saturated rings. The molecule has 70 valence electrons. The van der Waals surface area contributed by atoms with Crippen LogP contribution in [-0.4, -0.2) is 14.5 Å². The molecule has 0 amide bonds. The summed E-state index contributed by atoms with van der Waals surface area (Å²) in [4.78, 5) is 4.28. The van der Waals surface area contributed by atoms with Crippen molar-refractivity contribution in [2.75, 3.05) is 0 Å². The van der Waals surface area contributed by atoms with Crippen molar-refractivity contribution in [3.8, 4) is 5.75 Å². The molecule has 3 nitrogen and oxygen atoms in total. The van der Waals surface area contributed by atoms with E-state index in [1.54, 1.807) is 22.7 Å². The first-order valence-electron chi connectivity index (χ1n) is 3.52. The monoisotopic (exact) mass is 306 g/mol. The normalized spacial score (nSPS) is 9.92. The predicted octanol–water partition coefficient (Wildman–Crippen LogP) is 2.51. The molecule has 0 aliphatic carbocycles. The topological polar surface area (TPSA) is 37.5 Å². The number of halogens is 2. The third kappa shape index (κ3) is 2.03. The quantitative estimate of drug-likeness (QED) is 0.822. The Kier molecular flexibility index (Phi) is 3.33. The van der Waals surface area contributed by atoms with Crippen molar-refractivity contribution >= 4 is 38.6 Å². The van der Waals surface area contributed by atoms with Gasteiger partial charge in [-0.2, -0.15) is 0 Å².